The summed E-state index contributed by atoms with van der Waals surface area (Å²) in [6.45, 7) is 4.42. The molecule has 1 heterocycles. The van der Waals surface area contributed by atoms with Gasteiger partial charge >= 0.3 is 0 Å². The van der Waals surface area contributed by atoms with Gasteiger partial charge in [0.15, 0.2) is 0 Å². The fraction of sp³-hybridized carbons (Fsp3) is 0.188. The summed E-state index contributed by atoms with van der Waals surface area (Å²) in [6.07, 6.45) is 1.91. The summed E-state index contributed by atoms with van der Waals surface area (Å²) in [6, 6.07) is 14.0. The molecule has 4 heteroatoms. The second-order valence-corrected chi connectivity index (χ2v) is 5.18. The highest BCUT2D eigenvalue weighted by atomic mass is 32.2. The van der Waals surface area contributed by atoms with Gasteiger partial charge in [0.05, 0.1) is 19.3 Å². The number of methoxy groups -OCH3 is 1. The molecule has 0 saturated heterocycles. The molecule has 0 aliphatic rings. The summed E-state index contributed by atoms with van der Waals surface area (Å²) in [7, 11) is 1.63. The monoisotopic (exact) mass is 286 g/mol. The molecule has 0 spiro atoms. The Morgan fingerprint density at radius 1 is 1.25 bits per heavy atom. The molecule has 1 N–H and O–H groups in total. The number of hydrogen-bond donors (Lipinski definition) is 1. The molecule has 0 fully saturated rings. The first-order valence-electron chi connectivity index (χ1n) is 6.40. The SMILES string of the molecule is C=CCSc1ccccc1NCc1cccc(OC)n1. The molecule has 0 saturated carbocycles. The van der Waals surface area contributed by atoms with Crippen molar-refractivity contribution in [1.29, 1.82) is 0 Å². The molecule has 0 amide bonds. The lowest BCUT2D eigenvalue weighted by molar-refractivity contribution is 0.396. The van der Waals surface area contributed by atoms with Gasteiger partial charge in [-0.15, -0.1) is 18.3 Å². The summed E-state index contributed by atoms with van der Waals surface area (Å²) in [5.74, 6) is 1.54. The number of ether oxygens (including phenoxy) is 1. The normalized spacial score (nSPS) is 10.1. The Labute approximate surface area is 124 Å². The van der Waals surface area contributed by atoms with Crippen molar-refractivity contribution in [1.82, 2.24) is 4.98 Å². The zero-order valence-corrected chi connectivity index (χ0v) is 12.3. The minimum absolute atomic E-state index is 0.638. The van der Waals surface area contributed by atoms with Crippen LogP contribution in [0.1, 0.15) is 5.69 Å². The van der Waals surface area contributed by atoms with E-state index < -0.39 is 0 Å². The van der Waals surface area contributed by atoms with Crippen LogP contribution < -0.4 is 10.1 Å². The van der Waals surface area contributed by atoms with Crippen LogP contribution in [0.4, 0.5) is 5.69 Å². The fourth-order valence-corrected chi connectivity index (χ4v) is 2.51. The van der Waals surface area contributed by atoms with Crippen LogP contribution in [0.5, 0.6) is 5.88 Å². The molecule has 2 aromatic rings. The molecule has 0 radical (unpaired) electrons. The molecular formula is C16H18N2OS. The lowest BCUT2D eigenvalue weighted by Gasteiger charge is -2.11. The Balaban J connectivity index is 2.04. The molecule has 0 aliphatic carbocycles. The van der Waals surface area contributed by atoms with Crippen LogP contribution in [-0.4, -0.2) is 17.8 Å². The van der Waals surface area contributed by atoms with Crippen molar-refractivity contribution < 1.29 is 4.74 Å². The van der Waals surface area contributed by atoms with Gasteiger partial charge in [0, 0.05) is 22.4 Å². The quantitative estimate of drug-likeness (QED) is 0.616. The van der Waals surface area contributed by atoms with Crippen molar-refractivity contribution in [3.8, 4) is 5.88 Å². The van der Waals surface area contributed by atoms with Crippen LogP contribution >= 0.6 is 11.8 Å². The van der Waals surface area contributed by atoms with Crippen molar-refractivity contribution in [2.45, 2.75) is 11.4 Å². The smallest absolute Gasteiger partial charge is 0.213 e. The average molecular weight is 286 g/mol. The second kappa shape index (κ2) is 7.60. The van der Waals surface area contributed by atoms with E-state index in [1.165, 1.54) is 4.90 Å². The third kappa shape index (κ3) is 4.03. The van der Waals surface area contributed by atoms with Crippen LogP contribution in [0.15, 0.2) is 60.0 Å². The topological polar surface area (TPSA) is 34.1 Å². The minimum Gasteiger partial charge on any atom is -0.481 e. The first-order chi connectivity index (χ1) is 9.83. The highest BCUT2D eigenvalue weighted by Gasteiger charge is 2.02. The third-order valence-corrected chi connectivity index (χ3v) is 3.76. The number of pyridine rings is 1. The number of para-hydroxylation sites is 1. The Hall–Kier alpha value is -1.94. The zero-order chi connectivity index (χ0) is 14.2. The molecule has 20 heavy (non-hydrogen) atoms. The van der Waals surface area contributed by atoms with Gasteiger partial charge in [0.1, 0.15) is 0 Å². The summed E-state index contributed by atoms with van der Waals surface area (Å²) < 4.78 is 5.13. The average Bonchev–Trinajstić information content (AvgIpc) is 2.52. The number of hydrogen-bond acceptors (Lipinski definition) is 4. The van der Waals surface area contributed by atoms with Gasteiger partial charge in [-0.1, -0.05) is 24.3 Å². The van der Waals surface area contributed by atoms with E-state index in [9.17, 15) is 0 Å². The number of nitrogens with one attached hydrogen (secondary N) is 1. The number of benzene rings is 1. The van der Waals surface area contributed by atoms with Gasteiger partial charge in [0.2, 0.25) is 5.88 Å². The van der Waals surface area contributed by atoms with Crippen LogP contribution in [0, 0.1) is 0 Å². The fourth-order valence-electron chi connectivity index (χ4n) is 1.74. The van der Waals surface area contributed by atoms with Crippen molar-refractivity contribution >= 4 is 17.4 Å². The van der Waals surface area contributed by atoms with Crippen LogP contribution in [0.25, 0.3) is 0 Å². The maximum Gasteiger partial charge on any atom is 0.213 e. The van der Waals surface area contributed by atoms with Crippen LogP contribution in [0.3, 0.4) is 0 Å². The number of anilines is 1. The first-order valence-corrected chi connectivity index (χ1v) is 7.38. The Bertz CT molecular complexity index is 572. The molecule has 0 aliphatic heterocycles. The largest absolute Gasteiger partial charge is 0.481 e. The van der Waals surface area contributed by atoms with Gasteiger partial charge in [-0.05, 0) is 18.2 Å². The van der Waals surface area contributed by atoms with E-state index in [0.717, 1.165) is 17.1 Å². The summed E-state index contributed by atoms with van der Waals surface area (Å²) in [5, 5.41) is 3.42. The van der Waals surface area contributed by atoms with Gasteiger partial charge in [0.25, 0.3) is 0 Å². The standard InChI is InChI=1S/C16H18N2OS/c1-3-11-20-15-9-5-4-8-14(15)17-12-13-7-6-10-16(18-13)19-2/h3-10,17H,1,11-12H2,2H3. The van der Waals surface area contributed by atoms with Gasteiger partial charge < -0.3 is 10.1 Å². The number of rotatable bonds is 7. The van der Waals surface area contributed by atoms with Crippen molar-refractivity contribution in [3.63, 3.8) is 0 Å². The molecule has 0 atom stereocenters. The molecule has 104 valence electrons. The summed E-state index contributed by atoms with van der Waals surface area (Å²) in [5.41, 5.74) is 2.07. The molecule has 1 aromatic heterocycles. The van der Waals surface area contributed by atoms with E-state index >= 15 is 0 Å². The Kier molecular flexibility index (Phi) is 5.50. The van der Waals surface area contributed by atoms with Crippen molar-refractivity contribution in [2.24, 2.45) is 0 Å². The van der Waals surface area contributed by atoms with Gasteiger partial charge in [-0.3, -0.25) is 0 Å². The first kappa shape index (κ1) is 14.5. The van der Waals surface area contributed by atoms with Crippen LogP contribution in [-0.2, 0) is 6.54 Å². The van der Waals surface area contributed by atoms with E-state index in [2.05, 4.69) is 29.0 Å². The molecule has 2 rings (SSSR count). The lowest BCUT2D eigenvalue weighted by atomic mass is 10.3. The zero-order valence-electron chi connectivity index (χ0n) is 11.5. The summed E-state index contributed by atoms with van der Waals surface area (Å²) >= 11 is 1.76. The molecular weight excluding hydrogens is 268 g/mol. The van der Waals surface area contributed by atoms with Gasteiger partial charge in [-0.25, -0.2) is 4.98 Å². The maximum atomic E-state index is 5.13. The highest BCUT2D eigenvalue weighted by molar-refractivity contribution is 7.99. The molecule has 1 aromatic carbocycles. The van der Waals surface area contributed by atoms with E-state index in [0.29, 0.717) is 12.4 Å². The van der Waals surface area contributed by atoms with E-state index in [1.807, 2.05) is 36.4 Å². The van der Waals surface area contributed by atoms with E-state index in [4.69, 9.17) is 4.74 Å². The van der Waals surface area contributed by atoms with Crippen molar-refractivity contribution in [3.05, 3.63) is 60.8 Å². The third-order valence-electron chi connectivity index (χ3n) is 2.69. The predicted molar refractivity (Wildman–Crippen MR) is 85.5 cm³/mol. The molecule has 0 bridgehead atoms. The predicted octanol–water partition coefficient (Wildman–Crippen LogP) is 3.98. The molecule has 3 nitrogen and oxygen atoms in total. The van der Waals surface area contributed by atoms with Crippen molar-refractivity contribution in [2.75, 3.05) is 18.2 Å². The minimum atomic E-state index is 0.638. The van der Waals surface area contributed by atoms with Gasteiger partial charge in [-0.2, -0.15) is 0 Å². The molecule has 0 unspecified atom stereocenters. The Morgan fingerprint density at radius 2 is 2.10 bits per heavy atom. The van der Waals surface area contributed by atoms with E-state index in [1.54, 1.807) is 18.9 Å². The number of nitrogens with zero attached hydrogens (tertiary/aromatic N) is 1. The Morgan fingerprint density at radius 3 is 2.90 bits per heavy atom. The number of thioether (sulfide) groups is 1. The maximum absolute atomic E-state index is 5.13. The lowest BCUT2D eigenvalue weighted by Crippen LogP contribution is -2.03. The number of aromatic nitrogens is 1. The summed E-state index contributed by atoms with van der Waals surface area (Å²) in [4.78, 5) is 5.61. The highest BCUT2D eigenvalue weighted by Crippen LogP contribution is 2.27. The van der Waals surface area contributed by atoms with Crippen LogP contribution in [0.2, 0.25) is 0 Å². The second-order valence-electron chi connectivity index (χ2n) is 4.12. The van der Waals surface area contributed by atoms with E-state index in [-0.39, 0.29) is 0 Å².